The summed E-state index contributed by atoms with van der Waals surface area (Å²) in [6.45, 7) is 1.74. The molecule has 1 heterocycles. The highest BCUT2D eigenvalue weighted by Crippen LogP contribution is 2.26. The van der Waals surface area contributed by atoms with Gasteiger partial charge in [0.1, 0.15) is 0 Å². The van der Waals surface area contributed by atoms with E-state index in [-0.39, 0.29) is 22.2 Å². The maximum Gasteiger partial charge on any atom is 0.335 e. The molecule has 8 heteroatoms. The number of aryl methyl sites for hydroxylation is 1. The molecule has 2 rings (SSSR count). The first kappa shape index (κ1) is 16.4. The smallest absolute Gasteiger partial charge is 0.335 e. The molecule has 1 unspecified atom stereocenters. The quantitative estimate of drug-likeness (QED) is 0.818. The second kappa shape index (κ2) is 6.85. The van der Waals surface area contributed by atoms with Crippen LogP contribution < -0.4 is 5.32 Å². The van der Waals surface area contributed by atoms with Crippen molar-refractivity contribution < 1.29 is 14.7 Å². The molecule has 0 aliphatic heterocycles. The van der Waals surface area contributed by atoms with Crippen molar-refractivity contribution in [2.45, 2.75) is 17.3 Å². The highest BCUT2D eigenvalue weighted by atomic mass is 35.5. The first-order chi connectivity index (χ1) is 10.4. The highest BCUT2D eigenvalue weighted by molar-refractivity contribution is 8.00. The Morgan fingerprint density at radius 2 is 2.18 bits per heavy atom. The molecule has 116 valence electrons. The number of carboxylic acid groups (broad SMARTS) is 1. The number of nitrogens with one attached hydrogen (secondary N) is 1. The van der Waals surface area contributed by atoms with Crippen LogP contribution in [0.15, 0.2) is 35.7 Å². The number of imidazole rings is 1. The molecule has 0 spiro atoms. The standard InChI is InChI=1S/C14H14ClN3O3S/c1-8(22-14-16-5-6-18(14)2)12(19)17-11-7-9(13(20)21)3-4-10(11)15/h3-8H,1-2H3,(H,17,19)(H,20,21). The SMILES string of the molecule is CC(Sc1nccn1C)C(=O)Nc1cc(C(=O)O)ccc1Cl. The van der Waals surface area contributed by atoms with Gasteiger partial charge in [0.25, 0.3) is 0 Å². The van der Waals surface area contributed by atoms with E-state index in [1.807, 2.05) is 11.6 Å². The monoisotopic (exact) mass is 339 g/mol. The van der Waals surface area contributed by atoms with Crippen LogP contribution in [0.2, 0.25) is 5.02 Å². The minimum atomic E-state index is -1.08. The predicted octanol–water partition coefficient (Wildman–Crippen LogP) is 2.89. The van der Waals surface area contributed by atoms with Gasteiger partial charge in [-0.25, -0.2) is 9.78 Å². The van der Waals surface area contributed by atoms with E-state index >= 15 is 0 Å². The lowest BCUT2D eigenvalue weighted by molar-refractivity contribution is -0.115. The summed E-state index contributed by atoms with van der Waals surface area (Å²) in [5, 5.41) is 12.2. The molecule has 1 aromatic heterocycles. The van der Waals surface area contributed by atoms with Crippen LogP contribution >= 0.6 is 23.4 Å². The van der Waals surface area contributed by atoms with Crippen molar-refractivity contribution in [2.75, 3.05) is 5.32 Å². The average molecular weight is 340 g/mol. The number of carboxylic acids is 1. The Labute approximate surface area is 136 Å². The molecule has 0 aliphatic rings. The number of carbonyl (C=O) groups is 2. The number of amides is 1. The maximum absolute atomic E-state index is 12.2. The van der Waals surface area contributed by atoms with Gasteiger partial charge in [-0.15, -0.1) is 0 Å². The van der Waals surface area contributed by atoms with E-state index in [0.29, 0.717) is 5.16 Å². The fourth-order valence-corrected chi connectivity index (χ4v) is 2.66. The zero-order valence-corrected chi connectivity index (χ0v) is 13.5. The fraction of sp³-hybridized carbons (Fsp3) is 0.214. The lowest BCUT2D eigenvalue weighted by Crippen LogP contribution is -2.23. The number of aromatic carboxylic acids is 1. The van der Waals surface area contributed by atoms with Gasteiger partial charge in [-0.05, 0) is 25.1 Å². The molecular formula is C14H14ClN3O3S. The van der Waals surface area contributed by atoms with Crippen molar-refractivity contribution in [1.29, 1.82) is 0 Å². The van der Waals surface area contributed by atoms with Gasteiger partial charge in [0.15, 0.2) is 5.16 Å². The molecule has 6 nitrogen and oxygen atoms in total. The van der Waals surface area contributed by atoms with E-state index < -0.39 is 11.2 Å². The van der Waals surface area contributed by atoms with Gasteiger partial charge in [0, 0.05) is 19.4 Å². The molecule has 0 radical (unpaired) electrons. The summed E-state index contributed by atoms with van der Waals surface area (Å²) in [7, 11) is 1.84. The van der Waals surface area contributed by atoms with Crippen molar-refractivity contribution >= 4 is 40.9 Å². The first-order valence-electron chi connectivity index (χ1n) is 6.36. The third-order valence-electron chi connectivity index (χ3n) is 2.90. The molecule has 2 aromatic rings. The predicted molar refractivity (Wildman–Crippen MR) is 85.6 cm³/mol. The Bertz CT molecular complexity index is 717. The average Bonchev–Trinajstić information content (AvgIpc) is 2.86. The lowest BCUT2D eigenvalue weighted by atomic mass is 10.2. The molecule has 22 heavy (non-hydrogen) atoms. The van der Waals surface area contributed by atoms with Crippen LogP contribution in [0.25, 0.3) is 0 Å². The number of aromatic nitrogens is 2. The summed E-state index contributed by atoms with van der Waals surface area (Å²) in [6, 6.07) is 4.16. The van der Waals surface area contributed by atoms with Crippen LogP contribution in [0.1, 0.15) is 17.3 Å². The molecule has 2 N–H and O–H groups in total. The summed E-state index contributed by atoms with van der Waals surface area (Å²) >= 11 is 7.29. The van der Waals surface area contributed by atoms with Gasteiger partial charge in [0.2, 0.25) is 5.91 Å². The van der Waals surface area contributed by atoms with Gasteiger partial charge in [-0.2, -0.15) is 0 Å². The van der Waals surface area contributed by atoms with Crippen LogP contribution in [-0.2, 0) is 11.8 Å². The summed E-state index contributed by atoms with van der Waals surface area (Å²) in [6.07, 6.45) is 3.44. The van der Waals surface area contributed by atoms with Gasteiger partial charge >= 0.3 is 5.97 Å². The number of hydrogen-bond donors (Lipinski definition) is 2. The minimum Gasteiger partial charge on any atom is -0.478 e. The molecule has 1 atom stereocenters. The number of nitrogens with zero attached hydrogens (tertiary/aromatic N) is 2. The summed E-state index contributed by atoms with van der Waals surface area (Å²) < 4.78 is 1.81. The van der Waals surface area contributed by atoms with E-state index in [0.717, 1.165) is 0 Å². The van der Waals surface area contributed by atoms with Crippen molar-refractivity contribution in [1.82, 2.24) is 9.55 Å². The molecule has 0 saturated heterocycles. The van der Waals surface area contributed by atoms with E-state index in [2.05, 4.69) is 10.3 Å². The first-order valence-corrected chi connectivity index (χ1v) is 7.62. The van der Waals surface area contributed by atoms with E-state index in [1.54, 1.807) is 19.3 Å². The molecule has 1 amide bonds. The van der Waals surface area contributed by atoms with Crippen LogP contribution in [-0.4, -0.2) is 31.8 Å². The zero-order valence-electron chi connectivity index (χ0n) is 11.9. The summed E-state index contributed by atoms with van der Waals surface area (Å²) in [5.41, 5.74) is 0.336. The number of carbonyl (C=O) groups excluding carboxylic acids is 1. The maximum atomic E-state index is 12.2. The highest BCUT2D eigenvalue weighted by Gasteiger charge is 2.18. The fourth-order valence-electron chi connectivity index (χ4n) is 1.67. The van der Waals surface area contributed by atoms with Crippen molar-refractivity contribution in [3.63, 3.8) is 0 Å². The van der Waals surface area contributed by atoms with E-state index in [9.17, 15) is 9.59 Å². The van der Waals surface area contributed by atoms with Crippen LogP contribution in [0.3, 0.4) is 0 Å². The van der Waals surface area contributed by atoms with Gasteiger partial charge < -0.3 is 15.0 Å². The van der Waals surface area contributed by atoms with E-state index in [4.69, 9.17) is 16.7 Å². The van der Waals surface area contributed by atoms with Crippen LogP contribution in [0.4, 0.5) is 5.69 Å². The number of halogens is 1. The molecule has 0 aliphatic carbocycles. The van der Waals surface area contributed by atoms with Gasteiger partial charge in [-0.1, -0.05) is 23.4 Å². The summed E-state index contributed by atoms with van der Waals surface area (Å²) in [5.74, 6) is -1.36. The Kier molecular flexibility index (Phi) is 5.10. The molecule has 0 bridgehead atoms. The summed E-state index contributed by atoms with van der Waals surface area (Å²) in [4.78, 5) is 27.3. The second-order valence-electron chi connectivity index (χ2n) is 4.57. The molecule has 1 aromatic carbocycles. The number of benzene rings is 1. The number of hydrogen-bond acceptors (Lipinski definition) is 4. The Balaban J connectivity index is 2.09. The van der Waals surface area contributed by atoms with Crippen LogP contribution in [0, 0.1) is 0 Å². The topological polar surface area (TPSA) is 84.2 Å². The van der Waals surface area contributed by atoms with Gasteiger partial charge in [-0.3, -0.25) is 4.79 Å². The Hall–Kier alpha value is -1.99. The number of anilines is 1. The molecule has 0 saturated carbocycles. The van der Waals surface area contributed by atoms with Gasteiger partial charge in [0.05, 0.1) is 21.5 Å². The minimum absolute atomic E-state index is 0.0594. The van der Waals surface area contributed by atoms with E-state index in [1.165, 1.54) is 30.0 Å². The Morgan fingerprint density at radius 3 is 2.77 bits per heavy atom. The third kappa shape index (κ3) is 3.80. The van der Waals surface area contributed by atoms with Crippen LogP contribution in [0.5, 0.6) is 0 Å². The third-order valence-corrected chi connectivity index (χ3v) is 4.40. The number of rotatable bonds is 5. The Morgan fingerprint density at radius 1 is 1.45 bits per heavy atom. The van der Waals surface area contributed by atoms with Crippen molar-refractivity contribution in [3.8, 4) is 0 Å². The lowest BCUT2D eigenvalue weighted by Gasteiger charge is -2.13. The van der Waals surface area contributed by atoms with Crippen molar-refractivity contribution in [3.05, 3.63) is 41.2 Å². The number of thioether (sulfide) groups is 1. The molecule has 0 fully saturated rings. The normalized spacial score (nSPS) is 12.0. The molecular weight excluding hydrogens is 326 g/mol. The second-order valence-corrected chi connectivity index (χ2v) is 6.28. The zero-order chi connectivity index (χ0) is 16.3. The largest absolute Gasteiger partial charge is 0.478 e. The van der Waals surface area contributed by atoms with Crippen molar-refractivity contribution in [2.24, 2.45) is 7.05 Å².